The van der Waals surface area contributed by atoms with Gasteiger partial charge < -0.3 is 33.4 Å². The lowest BCUT2D eigenvalue weighted by Gasteiger charge is -2.26. The molecule has 3 nitrogen and oxygen atoms in total. The van der Waals surface area contributed by atoms with Crippen LogP contribution in [0.15, 0.2) is 0 Å². The standard InChI is InChI=1S/C9H19N2O.HI/c1-11(2,3)8-7-10-6-4-5-9(10)12;/h4-8H2,1-3H3;1H/q+1;/p-1. The smallest absolute Gasteiger partial charge is 0.222 e. The van der Waals surface area contributed by atoms with E-state index in [1.807, 2.05) is 4.90 Å². The highest BCUT2D eigenvalue weighted by Gasteiger charge is 2.21. The van der Waals surface area contributed by atoms with Gasteiger partial charge in [0.2, 0.25) is 5.91 Å². The molecule has 0 atom stereocenters. The average molecular weight is 298 g/mol. The maximum absolute atomic E-state index is 11.2. The van der Waals surface area contributed by atoms with E-state index in [9.17, 15) is 4.79 Å². The van der Waals surface area contributed by atoms with Crippen molar-refractivity contribution in [3.05, 3.63) is 0 Å². The fraction of sp³-hybridized carbons (Fsp3) is 0.889. The second kappa shape index (κ2) is 5.14. The molecule has 0 spiro atoms. The second-order valence-corrected chi connectivity index (χ2v) is 4.50. The van der Waals surface area contributed by atoms with E-state index in [-0.39, 0.29) is 24.0 Å². The van der Waals surface area contributed by atoms with Crippen LogP contribution in [-0.2, 0) is 4.79 Å². The summed E-state index contributed by atoms with van der Waals surface area (Å²) in [4.78, 5) is 13.2. The molecule has 4 heteroatoms. The molecule has 0 N–H and O–H groups in total. The van der Waals surface area contributed by atoms with Crippen molar-refractivity contribution in [2.45, 2.75) is 12.8 Å². The first-order valence-electron chi connectivity index (χ1n) is 4.57. The summed E-state index contributed by atoms with van der Waals surface area (Å²) in [5, 5.41) is 0. The fourth-order valence-corrected chi connectivity index (χ4v) is 1.36. The first kappa shape index (κ1) is 13.2. The number of carbonyl (C=O) groups is 1. The lowest BCUT2D eigenvalue weighted by Crippen LogP contribution is -3.00. The minimum atomic E-state index is 0. The molecule has 1 heterocycles. The minimum absolute atomic E-state index is 0. The molecule has 0 radical (unpaired) electrons. The van der Waals surface area contributed by atoms with Gasteiger partial charge in [0.1, 0.15) is 0 Å². The van der Waals surface area contributed by atoms with E-state index in [0.29, 0.717) is 5.91 Å². The lowest BCUT2D eigenvalue weighted by atomic mass is 10.4. The van der Waals surface area contributed by atoms with Crippen LogP contribution in [0.4, 0.5) is 0 Å². The SMILES string of the molecule is C[N+](C)(C)CCN1CCCC1=O.[I-]. The predicted molar refractivity (Wildman–Crippen MR) is 48.7 cm³/mol. The Hall–Kier alpha value is 0.160. The number of halogens is 1. The molecular formula is C9H19IN2O. The summed E-state index contributed by atoms with van der Waals surface area (Å²) in [5.41, 5.74) is 0. The summed E-state index contributed by atoms with van der Waals surface area (Å²) in [5.74, 6) is 0.337. The number of carbonyl (C=O) groups excluding carboxylic acids is 1. The Kier molecular flexibility index (Phi) is 5.21. The summed E-state index contributed by atoms with van der Waals surface area (Å²) in [7, 11) is 6.46. The van der Waals surface area contributed by atoms with E-state index in [1.54, 1.807) is 0 Å². The molecule has 1 fully saturated rings. The van der Waals surface area contributed by atoms with Crippen LogP contribution in [0.1, 0.15) is 12.8 Å². The number of hydrogen-bond acceptors (Lipinski definition) is 1. The molecule has 0 aromatic rings. The lowest BCUT2D eigenvalue weighted by molar-refractivity contribution is -0.869. The van der Waals surface area contributed by atoms with Gasteiger partial charge in [-0.25, -0.2) is 0 Å². The van der Waals surface area contributed by atoms with Crippen molar-refractivity contribution in [3.8, 4) is 0 Å². The third-order valence-electron chi connectivity index (χ3n) is 2.21. The fourth-order valence-electron chi connectivity index (χ4n) is 1.36. The number of likely N-dealkylation sites (tertiary alicyclic amines) is 1. The summed E-state index contributed by atoms with van der Waals surface area (Å²) < 4.78 is 0.934. The van der Waals surface area contributed by atoms with Gasteiger partial charge in [0.25, 0.3) is 0 Å². The zero-order chi connectivity index (χ0) is 9.19. The molecule has 78 valence electrons. The van der Waals surface area contributed by atoms with Crippen LogP contribution < -0.4 is 24.0 Å². The van der Waals surface area contributed by atoms with E-state index in [0.717, 1.165) is 37.0 Å². The minimum Gasteiger partial charge on any atom is -1.00 e. The van der Waals surface area contributed by atoms with Crippen molar-refractivity contribution in [3.63, 3.8) is 0 Å². The van der Waals surface area contributed by atoms with E-state index in [1.165, 1.54) is 0 Å². The molecule has 0 unspecified atom stereocenters. The van der Waals surface area contributed by atoms with Crippen molar-refractivity contribution in [2.75, 3.05) is 40.8 Å². The van der Waals surface area contributed by atoms with Gasteiger partial charge >= 0.3 is 0 Å². The predicted octanol–water partition coefficient (Wildman–Crippen LogP) is -2.68. The first-order chi connectivity index (χ1) is 5.49. The summed E-state index contributed by atoms with van der Waals surface area (Å²) >= 11 is 0. The van der Waals surface area contributed by atoms with Crippen molar-refractivity contribution in [1.29, 1.82) is 0 Å². The van der Waals surface area contributed by atoms with E-state index >= 15 is 0 Å². The van der Waals surface area contributed by atoms with Gasteiger partial charge in [-0.1, -0.05) is 0 Å². The Morgan fingerprint density at radius 3 is 2.38 bits per heavy atom. The molecule has 1 saturated heterocycles. The monoisotopic (exact) mass is 298 g/mol. The molecule has 13 heavy (non-hydrogen) atoms. The van der Waals surface area contributed by atoms with Crippen LogP contribution in [0.25, 0.3) is 0 Å². The summed E-state index contributed by atoms with van der Waals surface area (Å²) in [6.45, 7) is 2.94. The van der Waals surface area contributed by atoms with Crippen LogP contribution in [0.2, 0.25) is 0 Å². The van der Waals surface area contributed by atoms with Gasteiger partial charge in [-0.15, -0.1) is 0 Å². The van der Waals surface area contributed by atoms with Crippen LogP contribution in [0, 0.1) is 0 Å². The number of rotatable bonds is 3. The Bertz CT molecular complexity index is 177. The van der Waals surface area contributed by atoms with E-state index in [4.69, 9.17) is 0 Å². The van der Waals surface area contributed by atoms with Crippen molar-refractivity contribution >= 4 is 5.91 Å². The number of amides is 1. The van der Waals surface area contributed by atoms with Crippen LogP contribution in [0.3, 0.4) is 0 Å². The van der Waals surface area contributed by atoms with Crippen LogP contribution in [0.5, 0.6) is 0 Å². The highest BCUT2D eigenvalue weighted by atomic mass is 127. The number of hydrogen-bond donors (Lipinski definition) is 0. The van der Waals surface area contributed by atoms with E-state index < -0.39 is 0 Å². The molecule has 1 aliphatic rings. The third kappa shape index (κ3) is 4.81. The Labute approximate surface area is 97.7 Å². The molecule has 0 bridgehead atoms. The Morgan fingerprint density at radius 2 is 2.00 bits per heavy atom. The van der Waals surface area contributed by atoms with Crippen molar-refractivity contribution in [1.82, 2.24) is 4.90 Å². The van der Waals surface area contributed by atoms with Crippen LogP contribution in [-0.4, -0.2) is 56.1 Å². The zero-order valence-corrected chi connectivity index (χ0v) is 10.9. The normalized spacial score (nSPS) is 17.5. The molecule has 1 amide bonds. The van der Waals surface area contributed by atoms with E-state index in [2.05, 4.69) is 21.1 Å². The van der Waals surface area contributed by atoms with Gasteiger partial charge in [-0.2, -0.15) is 0 Å². The topological polar surface area (TPSA) is 20.3 Å². The number of nitrogens with zero attached hydrogens (tertiary/aromatic N) is 2. The van der Waals surface area contributed by atoms with Crippen LogP contribution >= 0.6 is 0 Å². The Morgan fingerprint density at radius 1 is 1.38 bits per heavy atom. The highest BCUT2D eigenvalue weighted by molar-refractivity contribution is 5.77. The molecule has 0 aromatic heterocycles. The Balaban J connectivity index is 0.00000144. The molecule has 0 aliphatic carbocycles. The first-order valence-corrected chi connectivity index (χ1v) is 4.57. The maximum Gasteiger partial charge on any atom is 0.222 e. The molecule has 1 aliphatic heterocycles. The quantitative estimate of drug-likeness (QED) is 0.411. The molecule has 0 aromatic carbocycles. The summed E-state index contributed by atoms with van der Waals surface area (Å²) in [6, 6.07) is 0. The molecule has 1 rings (SSSR count). The zero-order valence-electron chi connectivity index (χ0n) is 8.72. The third-order valence-corrected chi connectivity index (χ3v) is 2.21. The maximum atomic E-state index is 11.2. The highest BCUT2D eigenvalue weighted by Crippen LogP contribution is 2.09. The summed E-state index contributed by atoms with van der Waals surface area (Å²) in [6.07, 6.45) is 1.81. The second-order valence-electron chi connectivity index (χ2n) is 4.50. The van der Waals surface area contributed by atoms with Gasteiger partial charge in [0, 0.05) is 13.0 Å². The van der Waals surface area contributed by atoms with Gasteiger partial charge in [-0.05, 0) is 6.42 Å². The largest absolute Gasteiger partial charge is 1.00 e. The van der Waals surface area contributed by atoms with Gasteiger partial charge in [0.05, 0.1) is 34.2 Å². The average Bonchev–Trinajstić information content (AvgIpc) is 2.29. The molecular weight excluding hydrogens is 279 g/mol. The molecule has 0 saturated carbocycles. The van der Waals surface area contributed by atoms with Crippen molar-refractivity contribution in [2.24, 2.45) is 0 Å². The number of quaternary nitrogens is 1. The van der Waals surface area contributed by atoms with Gasteiger partial charge in [-0.3, -0.25) is 4.79 Å². The number of likely N-dealkylation sites (N-methyl/N-ethyl adjacent to an activating group) is 1. The van der Waals surface area contributed by atoms with Gasteiger partial charge in [0.15, 0.2) is 0 Å². The van der Waals surface area contributed by atoms with Crippen molar-refractivity contribution < 1.29 is 33.3 Å².